The fourth-order valence-corrected chi connectivity index (χ4v) is 4.66. The van der Waals surface area contributed by atoms with Crippen molar-refractivity contribution in [3.05, 3.63) is 34.2 Å². The third kappa shape index (κ3) is 2.52. The summed E-state index contributed by atoms with van der Waals surface area (Å²) >= 11 is 8.15. The lowest BCUT2D eigenvalue weighted by atomic mass is 9.77. The van der Waals surface area contributed by atoms with E-state index in [-0.39, 0.29) is 11.3 Å². The third-order valence-corrected chi connectivity index (χ3v) is 6.07. The first-order chi connectivity index (χ1) is 11.2. The highest BCUT2D eigenvalue weighted by Gasteiger charge is 2.44. The highest BCUT2D eigenvalue weighted by molar-refractivity contribution is 7.08. The van der Waals surface area contributed by atoms with Gasteiger partial charge in [0.1, 0.15) is 0 Å². The second-order valence-electron chi connectivity index (χ2n) is 6.30. The number of aromatic nitrogens is 1. The van der Waals surface area contributed by atoms with Gasteiger partial charge in [0.15, 0.2) is 0 Å². The van der Waals surface area contributed by atoms with Crippen LogP contribution in [-0.4, -0.2) is 30.5 Å². The summed E-state index contributed by atoms with van der Waals surface area (Å²) in [4.78, 5) is 18.7. The van der Waals surface area contributed by atoms with Gasteiger partial charge in [-0.15, -0.1) is 0 Å². The van der Waals surface area contributed by atoms with Crippen LogP contribution >= 0.6 is 22.9 Å². The molecule has 0 bridgehead atoms. The van der Waals surface area contributed by atoms with Crippen molar-refractivity contribution in [2.75, 3.05) is 24.5 Å². The molecular formula is C17H18ClN3OS. The van der Waals surface area contributed by atoms with Gasteiger partial charge < -0.3 is 10.2 Å². The Morgan fingerprint density at radius 3 is 2.74 bits per heavy atom. The fourth-order valence-electron chi connectivity index (χ4n) is 3.73. The molecule has 1 N–H and O–H groups in total. The maximum absolute atomic E-state index is 12.2. The number of carbonyl (C=O) groups is 1. The molecule has 2 saturated heterocycles. The summed E-state index contributed by atoms with van der Waals surface area (Å²) in [6.07, 6.45) is 6.33. The molecule has 2 aromatic heterocycles. The second kappa shape index (κ2) is 5.80. The standard InChI is InChI=1S/C17H18ClN3OS/c18-14-10-19-9-13(12-1-8-23-11-12)15(14)21-6-3-17(4-7-21)2-5-20-16(17)22/h1,8-11H,2-7H2,(H,20,22). The van der Waals surface area contributed by atoms with Gasteiger partial charge in [-0.2, -0.15) is 11.3 Å². The summed E-state index contributed by atoms with van der Waals surface area (Å²) in [7, 11) is 0. The lowest BCUT2D eigenvalue weighted by Gasteiger charge is -2.39. The first-order valence-electron chi connectivity index (χ1n) is 7.89. The zero-order valence-corrected chi connectivity index (χ0v) is 14.3. The summed E-state index contributed by atoms with van der Waals surface area (Å²) in [6, 6.07) is 2.09. The van der Waals surface area contributed by atoms with Crippen LogP contribution in [0.15, 0.2) is 29.2 Å². The highest BCUT2D eigenvalue weighted by Crippen LogP contribution is 2.43. The molecule has 4 heterocycles. The average molecular weight is 348 g/mol. The number of hydrogen-bond donors (Lipinski definition) is 1. The van der Waals surface area contributed by atoms with E-state index in [1.54, 1.807) is 17.5 Å². The predicted molar refractivity (Wildman–Crippen MR) is 94.1 cm³/mol. The molecule has 2 aliphatic rings. The summed E-state index contributed by atoms with van der Waals surface area (Å²) in [5.41, 5.74) is 3.12. The summed E-state index contributed by atoms with van der Waals surface area (Å²) < 4.78 is 0. The summed E-state index contributed by atoms with van der Waals surface area (Å²) in [5.74, 6) is 0.232. The van der Waals surface area contributed by atoms with E-state index in [0.717, 1.165) is 55.7 Å². The van der Waals surface area contributed by atoms with Gasteiger partial charge in [0.2, 0.25) is 5.91 Å². The van der Waals surface area contributed by atoms with Gasteiger partial charge in [-0.3, -0.25) is 9.78 Å². The summed E-state index contributed by atoms with van der Waals surface area (Å²) in [5, 5.41) is 7.85. The van der Waals surface area contributed by atoms with Crippen LogP contribution in [0.1, 0.15) is 19.3 Å². The van der Waals surface area contributed by atoms with Crippen molar-refractivity contribution in [3.63, 3.8) is 0 Å². The quantitative estimate of drug-likeness (QED) is 0.903. The van der Waals surface area contributed by atoms with Crippen LogP contribution < -0.4 is 10.2 Å². The number of nitrogens with zero attached hydrogens (tertiary/aromatic N) is 2. The molecule has 6 heteroatoms. The number of rotatable bonds is 2. The van der Waals surface area contributed by atoms with Gasteiger partial charge in [-0.25, -0.2) is 0 Å². The molecule has 0 radical (unpaired) electrons. The molecule has 0 aromatic carbocycles. The second-order valence-corrected chi connectivity index (χ2v) is 7.49. The smallest absolute Gasteiger partial charge is 0.226 e. The van der Waals surface area contributed by atoms with Crippen LogP contribution in [0.3, 0.4) is 0 Å². The number of nitrogens with one attached hydrogen (secondary N) is 1. The molecule has 0 unspecified atom stereocenters. The molecule has 120 valence electrons. The molecular weight excluding hydrogens is 330 g/mol. The van der Waals surface area contributed by atoms with Crippen LogP contribution in [-0.2, 0) is 4.79 Å². The number of pyridine rings is 1. The van der Waals surface area contributed by atoms with Crippen molar-refractivity contribution in [2.24, 2.45) is 5.41 Å². The zero-order chi connectivity index (χ0) is 15.9. The van der Waals surface area contributed by atoms with Crippen LogP contribution in [0.4, 0.5) is 5.69 Å². The van der Waals surface area contributed by atoms with Crippen LogP contribution in [0.25, 0.3) is 11.1 Å². The zero-order valence-electron chi connectivity index (χ0n) is 12.7. The first kappa shape index (κ1) is 15.0. The van der Waals surface area contributed by atoms with E-state index in [9.17, 15) is 4.79 Å². The van der Waals surface area contributed by atoms with Gasteiger partial charge in [-0.1, -0.05) is 11.6 Å². The lowest BCUT2D eigenvalue weighted by Crippen LogP contribution is -2.44. The van der Waals surface area contributed by atoms with Gasteiger partial charge >= 0.3 is 0 Å². The first-order valence-corrected chi connectivity index (χ1v) is 9.21. The Hall–Kier alpha value is -1.59. The van der Waals surface area contributed by atoms with E-state index in [2.05, 4.69) is 32.0 Å². The number of thiophene rings is 1. The maximum atomic E-state index is 12.2. The number of hydrogen-bond acceptors (Lipinski definition) is 4. The Bertz CT molecular complexity index is 723. The topological polar surface area (TPSA) is 45.2 Å². The van der Waals surface area contributed by atoms with E-state index in [4.69, 9.17) is 11.6 Å². The highest BCUT2D eigenvalue weighted by atomic mass is 35.5. The predicted octanol–water partition coefficient (Wildman–Crippen LogP) is 3.57. The van der Waals surface area contributed by atoms with E-state index in [1.807, 2.05) is 6.20 Å². The molecule has 2 fully saturated rings. The summed E-state index contributed by atoms with van der Waals surface area (Å²) in [6.45, 7) is 2.53. The Morgan fingerprint density at radius 2 is 2.09 bits per heavy atom. The molecule has 2 aromatic rings. The SMILES string of the molecule is O=C1NCCC12CCN(c1c(Cl)cncc1-c1ccsc1)CC2. The van der Waals surface area contributed by atoms with E-state index in [0.29, 0.717) is 5.02 Å². The van der Waals surface area contributed by atoms with Crippen molar-refractivity contribution >= 4 is 34.5 Å². The minimum Gasteiger partial charge on any atom is -0.370 e. The van der Waals surface area contributed by atoms with E-state index < -0.39 is 0 Å². The number of halogens is 1. The van der Waals surface area contributed by atoms with E-state index in [1.165, 1.54) is 0 Å². The van der Waals surface area contributed by atoms with Crippen LogP contribution in [0.5, 0.6) is 0 Å². The van der Waals surface area contributed by atoms with Crippen molar-refractivity contribution in [1.82, 2.24) is 10.3 Å². The Morgan fingerprint density at radius 1 is 1.26 bits per heavy atom. The Kier molecular flexibility index (Phi) is 3.77. The normalized spacial score (nSPS) is 20.0. The maximum Gasteiger partial charge on any atom is 0.226 e. The number of piperidine rings is 1. The molecule has 0 atom stereocenters. The van der Waals surface area contributed by atoms with Crippen LogP contribution in [0, 0.1) is 5.41 Å². The molecule has 0 aliphatic carbocycles. The van der Waals surface area contributed by atoms with Crippen molar-refractivity contribution < 1.29 is 4.79 Å². The molecule has 4 nitrogen and oxygen atoms in total. The van der Waals surface area contributed by atoms with Crippen molar-refractivity contribution in [3.8, 4) is 11.1 Å². The molecule has 23 heavy (non-hydrogen) atoms. The number of carbonyl (C=O) groups excluding carboxylic acids is 1. The van der Waals surface area contributed by atoms with Crippen LogP contribution in [0.2, 0.25) is 5.02 Å². The largest absolute Gasteiger partial charge is 0.370 e. The van der Waals surface area contributed by atoms with Crippen molar-refractivity contribution in [2.45, 2.75) is 19.3 Å². The number of anilines is 1. The van der Waals surface area contributed by atoms with Crippen molar-refractivity contribution in [1.29, 1.82) is 0 Å². The average Bonchev–Trinajstić information content (AvgIpc) is 3.20. The molecule has 1 spiro atoms. The third-order valence-electron chi connectivity index (χ3n) is 5.11. The Labute approximate surface area is 144 Å². The minimum atomic E-state index is -0.154. The molecule has 2 aliphatic heterocycles. The van der Waals surface area contributed by atoms with Gasteiger partial charge in [0, 0.05) is 37.6 Å². The molecule has 0 saturated carbocycles. The fraction of sp³-hybridized carbons (Fsp3) is 0.412. The van der Waals surface area contributed by atoms with Gasteiger partial charge in [0.05, 0.1) is 16.1 Å². The lowest BCUT2D eigenvalue weighted by molar-refractivity contribution is -0.128. The Balaban J connectivity index is 1.64. The van der Waals surface area contributed by atoms with Gasteiger partial charge in [0.25, 0.3) is 0 Å². The molecule has 1 amide bonds. The van der Waals surface area contributed by atoms with E-state index >= 15 is 0 Å². The van der Waals surface area contributed by atoms with Gasteiger partial charge in [-0.05, 0) is 41.7 Å². The monoisotopic (exact) mass is 347 g/mol. The molecule has 4 rings (SSSR count). The number of amides is 1. The minimum absolute atomic E-state index is 0.154.